The fourth-order valence-electron chi connectivity index (χ4n) is 3.42. The molecular formula is C22H23O3P. The summed E-state index contributed by atoms with van der Waals surface area (Å²) in [6.07, 6.45) is 1.45. The van der Waals surface area contributed by atoms with Gasteiger partial charge in [0.25, 0.3) is 0 Å². The van der Waals surface area contributed by atoms with Gasteiger partial charge in [-0.25, -0.2) is 0 Å². The molecule has 0 saturated heterocycles. The van der Waals surface area contributed by atoms with E-state index in [9.17, 15) is 9.46 Å². The van der Waals surface area contributed by atoms with Gasteiger partial charge in [-0.15, -0.1) is 0 Å². The van der Waals surface area contributed by atoms with Crippen LogP contribution in [0.2, 0.25) is 0 Å². The summed E-state index contributed by atoms with van der Waals surface area (Å²) >= 11 is 0. The third kappa shape index (κ3) is 4.92. The minimum Gasteiger partial charge on any atom is -0.326 e. The zero-order chi connectivity index (χ0) is 18.2. The van der Waals surface area contributed by atoms with Crippen LogP contribution in [0.5, 0.6) is 0 Å². The summed E-state index contributed by atoms with van der Waals surface area (Å²) in [4.78, 5) is 9.32. The Kier molecular flexibility index (Phi) is 6.40. The quantitative estimate of drug-likeness (QED) is 0.582. The first-order chi connectivity index (χ1) is 12.7. The molecule has 0 saturated carbocycles. The van der Waals surface area contributed by atoms with E-state index in [0.29, 0.717) is 0 Å². The van der Waals surface area contributed by atoms with Crippen molar-refractivity contribution in [2.24, 2.45) is 0 Å². The second kappa shape index (κ2) is 8.95. The third-order valence-electron chi connectivity index (χ3n) is 4.63. The van der Waals surface area contributed by atoms with Crippen LogP contribution >= 0.6 is 8.25 Å². The molecule has 0 aromatic heterocycles. The van der Waals surface area contributed by atoms with Gasteiger partial charge in [-0.05, 0) is 29.5 Å². The van der Waals surface area contributed by atoms with Crippen molar-refractivity contribution in [3.8, 4) is 0 Å². The lowest BCUT2D eigenvalue weighted by Gasteiger charge is -2.34. The SMILES string of the molecule is O=[PH](O)OCC(Cc1ccccc1)(Cc1ccccc1)c1ccccc1. The van der Waals surface area contributed by atoms with Gasteiger partial charge in [0.15, 0.2) is 0 Å². The van der Waals surface area contributed by atoms with Crippen LogP contribution in [-0.4, -0.2) is 11.5 Å². The zero-order valence-electron chi connectivity index (χ0n) is 14.5. The maximum absolute atomic E-state index is 11.3. The molecule has 0 aliphatic rings. The highest BCUT2D eigenvalue weighted by Crippen LogP contribution is 2.35. The van der Waals surface area contributed by atoms with E-state index in [1.807, 2.05) is 54.6 Å². The zero-order valence-corrected chi connectivity index (χ0v) is 15.5. The van der Waals surface area contributed by atoms with Crippen LogP contribution in [0.25, 0.3) is 0 Å². The average Bonchev–Trinajstić information content (AvgIpc) is 2.68. The Balaban J connectivity index is 2.04. The Morgan fingerprint density at radius 3 is 1.58 bits per heavy atom. The molecule has 3 nitrogen and oxygen atoms in total. The van der Waals surface area contributed by atoms with Crippen molar-refractivity contribution in [3.63, 3.8) is 0 Å². The molecule has 0 spiro atoms. The van der Waals surface area contributed by atoms with Crippen molar-refractivity contribution in [1.29, 1.82) is 0 Å². The molecule has 0 fully saturated rings. The van der Waals surface area contributed by atoms with Gasteiger partial charge >= 0.3 is 8.25 Å². The first kappa shape index (κ1) is 18.6. The number of hydrogen-bond acceptors (Lipinski definition) is 2. The lowest BCUT2D eigenvalue weighted by Crippen LogP contribution is -2.36. The smallest absolute Gasteiger partial charge is 0.316 e. The van der Waals surface area contributed by atoms with Gasteiger partial charge in [0.2, 0.25) is 0 Å². The van der Waals surface area contributed by atoms with Crippen molar-refractivity contribution in [3.05, 3.63) is 108 Å². The molecule has 0 aliphatic carbocycles. The van der Waals surface area contributed by atoms with Crippen molar-refractivity contribution in [2.45, 2.75) is 18.3 Å². The molecule has 134 valence electrons. The maximum atomic E-state index is 11.3. The second-order valence-corrected chi connectivity index (χ2v) is 7.35. The van der Waals surface area contributed by atoms with Crippen LogP contribution in [0, 0.1) is 0 Å². The minimum absolute atomic E-state index is 0.190. The Morgan fingerprint density at radius 2 is 1.15 bits per heavy atom. The largest absolute Gasteiger partial charge is 0.326 e. The number of hydrogen-bond donors (Lipinski definition) is 1. The average molecular weight is 366 g/mol. The van der Waals surface area contributed by atoms with E-state index < -0.39 is 13.7 Å². The van der Waals surface area contributed by atoms with E-state index in [1.54, 1.807) is 0 Å². The van der Waals surface area contributed by atoms with Gasteiger partial charge in [0.1, 0.15) is 0 Å². The van der Waals surface area contributed by atoms with Crippen LogP contribution in [0.3, 0.4) is 0 Å². The summed E-state index contributed by atoms with van der Waals surface area (Å²) in [6, 6.07) is 30.5. The van der Waals surface area contributed by atoms with Crippen LogP contribution in [0.1, 0.15) is 16.7 Å². The molecule has 0 aliphatic heterocycles. The molecule has 0 bridgehead atoms. The van der Waals surface area contributed by atoms with Gasteiger partial charge in [0.05, 0.1) is 6.61 Å². The predicted octanol–water partition coefficient (Wildman–Crippen LogP) is 4.81. The van der Waals surface area contributed by atoms with Gasteiger partial charge in [-0.1, -0.05) is 91.0 Å². The van der Waals surface area contributed by atoms with E-state index in [-0.39, 0.29) is 6.61 Å². The van der Waals surface area contributed by atoms with Crippen molar-refractivity contribution in [2.75, 3.05) is 6.61 Å². The summed E-state index contributed by atoms with van der Waals surface area (Å²) in [5.74, 6) is 0. The molecule has 4 heteroatoms. The molecule has 1 unspecified atom stereocenters. The standard InChI is InChI=1S/C22H23O3P/c23-26(24)25-18-22(21-14-8-3-9-15-21,16-19-10-4-1-5-11-19)17-20-12-6-2-7-13-20/h1-15,26H,16-18H2,(H,23,24). The van der Waals surface area contributed by atoms with Crippen LogP contribution in [0.15, 0.2) is 91.0 Å². The van der Waals surface area contributed by atoms with E-state index >= 15 is 0 Å². The molecule has 3 rings (SSSR count). The van der Waals surface area contributed by atoms with E-state index in [2.05, 4.69) is 36.4 Å². The summed E-state index contributed by atoms with van der Waals surface area (Å²) in [5, 5.41) is 0. The molecule has 1 N–H and O–H groups in total. The molecule has 0 radical (unpaired) electrons. The van der Waals surface area contributed by atoms with Gasteiger partial charge in [-0.3, -0.25) is 4.57 Å². The maximum Gasteiger partial charge on any atom is 0.316 e. The highest BCUT2D eigenvalue weighted by atomic mass is 31.1. The summed E-state index contributed by atoms with van der Waals surface area (Å²) in [7, 11) is -3.01. The van der Waals surface area contributed by atoms with E-state index in [1.165, 1.54) is 11.1 Å². The minimum atomic E-state index is -3.01. The van der Waals surface area contributed by atoms with Gasteiger partial charge < -0.3 is 9.42 Å². The monoisotopic (exact) mass is 366 g/mol. The predicted molar refractivity (Wildman–Crippen MR) is 106 cm³/mol. The van der Waals surface area contributed by atoms with Gasteiger partial charge in [-0.2, -0.15) is 0 Å². The Bertz CT molecular complexity index is 778. The fourth-order valence-corrected chi connectivity index (χ4v) is 3.82. The number of benzene rings is 3. The van der Waals surface area contributed by atoms with Gasteiger partial charge in [0, 0.05) is 5.41 Å². The van der Waals surface area contributed by atoms with Crippen LogP contribution < -0.4 is 0 Å². The Labute approximate surface area is 155 Å². The van der Waals surface area contributed by atoms with E-state index in [0.717, 1.165) is 18.4 Å². The van der Waals surface area contributed by atoms with Crippen molar-refractivity contribution >= 4 is 8.25 Å². The lowest BCUT2D eigenvalue weighted by molar-refractivity contribution is 0.198. The summed E-state index contributed by atoms with van der Waals surface area (Å²) in [6.45, 7) is 0.190. The van der Waals surface area contributed by atoms with Crippen molar-refractivity contribution < 1.29 is 14.0 Å². The molecule has 3 aromatic rings. The Morgan fingerprint density at radius 1 is 0.731 bits per heavy atom. The van der Waals surface area contributed by atoms with Crippen molar-refractivity contribution in [1.82, 2.24) is 0 Å². The molecule has 26 heavy (non-hydrogen) atoms. The summed E-state index contributed by atoms with van der Waals surface area (Å²) < 4.78 is 16.7. The second-order valence-electron chi connectivity index (χ2n) is 6.53. The summed E-state index contributed by atoms with van der Waals surface area (Å²) in [5.41, 5.74) is 3.03. The topological polar surface area (TPSA) is 46.5 Å². The highest BCUT2D eigenvalue weighted by molar-refractivity contribution is 7.32. The molecule has 3 aromatic carbocycles. The number of rotatable bonds is 8. The first-order valence-corrected chi connectivity index (χ1v) is 9.93. The molecule has 1 atom stereocenters. The molecule has 0 amide bonds. The third-order valence-corrected chi connectivity index (χ3v) is 5.02. The molecular weight excluding hydrogens is 343 g/mol. The first-order valence-electron chi connectivity index (χ1n) is 8.67. The van der Waals surface area contributed by atoms with Crippen LogP contribution in [0.4, 0.5) is 0 Å². The van der Waals surface area contributed by atoms with E-state index in [4.69, 9.17) is 4.52 Å². The Hall–Kier alpha value is -2.19. The normalized spacial score (nSPS) is 12.7. The molecule has 0 heterocycles. The lowest BCUT2D eigenvalue weighted by atomic mass is 9.72. The highest BCUT2D eigenvalue weighted by Gasteiger charge is 2.34. The van der Waals surface area contributed by atoms with Crippen LogP contribution in [-0.2, 0) is 27.3 Å². The fraction of sp³-hybridized carbons (Fsp3) is 0.182.